The highest BCUT2D eigenvalue weighted by atomic mass is 16.5. The number of aromatic nitrogens is 1. The fraction of sp³-hybridized carbons (Fsp3) is 0.133. The number of carbonyl (C=O) groups excluding carboxylic acids is 2. The van der Waals surface area contributed by atoms with E-state index in [0.29, 0.717) is 17.0 Å². The zero-order valence-electron chi connectivity index (χ0n) is 11.6. The molecule has 0 unspecified atom stereocenters. The number of nitrogens with one attached hydrogen (secondary N) is 1. The van der Waals surface area contributed by atoms with Gasteiger partial charge in [-0.2, -0.15) is 0 Å². The van der Waals surface area contributed by atoms with E-state index in [4.69, 9.17) is 4.74 Å². The van der Waals surface area contributed by atoms with E-state index in [9.17, 15) is 9.59 Å². The fourth-order valence-corrected chi connectivity index (χ4v) is 1.80. The van der Waals surface area contributed by atoms with Crippen molar-refractivity contribution in [1.29, 1.82) is 0 Å². The number of benzene rings is 1. The van der Waals surface area contributed by atoms with Gasteiger partial charge in [-0.1, -0.05) is 12.1 Å². The lowest BCUT2D eigenvalue weighted by atomic mass is 10.1. The molecule has 0 bridgehead atoms. The second-order valence-electron chi connectivity index (χ2n) is 4.07. The third-order valence-corrected chi connectivity index (χ3v) is 2.83. The molecule has 6 nitrogen and oxygen atoms in total. The third-order valence-electron chi connectivity index (χ3n) is 2.83. The summed E-state index contributed by atoms with van der Waals surface area (Å²) < 4.78 is 9.77. The summed E-state index contributed by atoms with van der Waals surface area (Å²) in [6.07, 6.45) is 2.94. The van der Waals surface area contributed by atoms with Crippen LogP contribution in [0.2, 0.25) is 0 Å². The van der Waals surface area contributed by atoms with Crippen molar-refractivity contribution in [3.8, 4) is 5.75 Å². The number of amides is 1. The van der Waals surface area contributed by atoms with Crippen LogP contribution in [0.4, 0.5) is 5.69 Å². The molecular weight excluding hydrogens is 272 g/mol. The number of carbonyl (C=O) groups is 2. The van der Waals surface area contributed by atoms with Crippen LogP contribution < -0.4 is 10.1 Å². The van der Waals surface area contributed by atoms with Crippen LogP contribution in [0, 0.1) is 0 Å². The Morgan fingerprint density at radius 1 is 1.10 bits per heavy atom. The summed E-state index contributed by atoms with van der Waals surface area (Å²) in [4.78, 5) is 27.8. The Balaban J connectivity index is 2.30. The van der Waals surface area contributed by atoms with Crippen LogP contribution in [0.25, 0.3) is 0 Å². The minimum atomic E-state index is -0.521. The summed E-state index contributed by atoms with van der Waals surface area (Å²) in [6.45, 7) is 0. The molecule has 1 aromatic carbocycles. The highest BCUT2D eigenvalue weighted by molar-refractivity contribution is 6.09. The summed E-state index contributed by atoms with van der Waals surface area (Å²) in [7, 11) is 2.74. The van der Waals surface area contributed by atoms with E-state index >= 15 is 0 Å². The summed E-state index contributed by atoms with van der Waals surface area (Å²) in [5.41, 5.74) is 0.974. The van der Waals surface area contributed by atoms with E-state index in [-0.39, 0.29) is 5.56 Å². The molecule has 0 fully saturated rings. The molecule has 2 aromatic rings. The van der Waals surface area contributed by atoms with E-state index in [1.54, 1.807) is 24.3 Å². The van der Waals surface area contributed by atoms with Crippen LogP contribution in [-0.2, 0) is 4.74 Å². The van der Waals surface area contributed by atoms with Gasteiger partial charge in [0.15, 0.2) is 0 Å². The highest BCUT2D eigenvalue weighted by Crippen LogP contribution is 2.20. The van der Waals surface area contributed by atoms with Gasteiger partial charge in [-0.15, -0.1) is 0 Å². The first-order valence-corrected chi connectivity index (χ1v) is 6.14. The van der Waals surface area contributed by atoms with Crippen molar-refractivity contribution in [2.24, 2.45) is 0 Å². The van der Waals surface area contributed by atoms with Crippen LogP contribution >= 0.6 is 0 Å². The zero-order valence-corrected chi connectivity index (χ0v) is 11.6. The molecule has 1 amide bonds. The van der Waals surface area contributed by atoms with Crippen molar-refractivity contribution in [2.45, 2.75) is 0 Å². The molecule has 0 spiro atoms. The molecule has 0 saturated heterocycles. The lowest BCUT2D eigenvalue weighted by Crippen LogP contribution is -2.16. The van der Waals surface area contributed by atoms with Crippen LogP contribution in [0.3, 0.4) is 0 Å². The van der Waals surface area contributed by atoms with Crippen LogP contribution in [0.15, 0.2) is 42.7 Å². The van der Waals surface area contributed by atoms with E-state index in [1.807, 2.05) is 0 Å². The van der Waals surface area contributed by atoms with Gasteiger partial charge in [-0.3, -0.25) is 9.78 Å². The van der Waals surface area contributed by atoms with Gasteiger partial charge in [0, 0.05) is 6.20 Å². The van der Waals surface area contributed by atoms with Gasteiger partial charge in [0.1, 0.15) is 5.75 Å². The normalized spacial score (nSPS) is 9.81. The number of nitrogens with zero attached hydrogens (tertiary/aromatic N) is 1. The standard InChI is InChI=1S/C15H14N2O4/c1-20-13-9-16-8-7-11(13)14(18)17-12-6-4-3-5-10(12)15(19)21-2/h3-9H,1-2H3,(H,17,18). The number of methoxy groups -OCH3 is 2. The number of esters is 1. The molecular formula is C15H14N2O4. The first kappa shape index (κ1) is 14.5. The fourth-order valence-electron chi connectivity index (χ4n) is 1.80. The summed E-state index contributed by atoms with van der Waals surface area (Å²) >= 11 is 0. The largest absolute Gasteiger partial charge is 0.494 e. The van der Waals surface area contributed by atoms with Gasteiger partial charge < -0.3 is 14.8 Å². The number of rotatable bonds is 4. The third kappa shape index (κ3) is 3.17. The van der Waals surface area contributed by atoms with Gasteiger partial charge in [0.2, 0.25) is 0 Å². The van der Waals surface area contributed by atoms with Crippen molar-refractivity contribution in [3.05, 3.63) is 53.9 Å². The average Bonchev–Trinajstić information content (AvgIpc) is 2.54. The zero-order chi connectivity index (χ0) is 15.2. The predicted molar refractivity (Wildman–Crippen MR) is 76.5 cm³/mol. The lowest BCUT2D eigenvalue weighted by molar-refractivity contribution is 0.0602. The van der Waals surface area contributed by atoms with Crippen molar-refractivity contribution in [2.75, 3.05) is 19.5 Å². The Hall–Kier alpha value is -2.89. The van der Waals surface area contributed by atoms with E-state index in [2.05, 4.69) is 15.0 Å². The number of para-hydroxylation sites is 1. The monoisotopic (exact) mass is 286 g/mol. The summed E-state index contributed by atoms with van der Waals surface area (Å²) in [6, 6.07) is 8.14. The predicted octanol–water partition coefficient (Wildman–Crippen LogP) is 2.13. The maximum absolute atomic E-state index is 12.3. The van der Waals surface area contributed by atoms with Crippen molar-refractivity contribution in [3.63, 3.8) is 0 Å². The minimum Gasteiger partial charge on any atom is -0.494 e. The number of ether oxygens (including phenoxy) is 2. The topological polar surface area (TPSA) is 77.5 Å². The van der Waals surface area contributed by atoms with Crippen molar-refractivity contribution < 1.29 is 19.1 Å². The van der Waals surface area contributed by atoms with Gasteiger partial charge in [-0.05, 0) is 18.2 Å². The van der Waals surface area contributed by atoms with Gasteiger partial charge in [0.25, 0.3) is 5.91 Å². The molecule has 0 radical (unpaired) electrons. The van der Waals surface area contributed by atoms with Gasteiger partial charge >= 0.3 is 5.97 Å². The first-order valence-electron chi connectivity index (χ1n) is 6.14. The second-order valence-corrected chi connectivity index (χ2v) is 4.07. The van der Waals surface area contributed by atoms with E-state index < -0.39 is 11.9 Å². The molecule has 0 aliphatic rings. The molecule has 108 valence electrons. The Morgan fingerprint density at radius 3 is 2.57 bits per heavy atom. The second kappa shape index (κ2) is 6.51. The number of anilines is 1. The van der Waals surface area contributed by atoms with E-state index in [1.165, 1.54) is 32.7 Å². The Labute approximate surface area is 121 Å². The smallest absolute Gasteiger partial charge is 0.339 e. The minimum absolute atomic E-state index is 0.279. The molecule has 0 aliphatic carbocycles. The molecule has 1 N–H and O–H groups in total. The van der Waals surface area contributed by atoms with E-state index in [0.717, 1.165) is 0 Å². The Morgan fingerprint density at radius 2 is 1.86 bits per heavy atom. The number of pyridine rings is 1. The van der Waals surface area contributed by atoms with Crippen LogP contribution in [0.1, 0.15) is 20.7 Å². The van der Waals surface area contributed by atoms with Crippen molar-refractivity contribution in [1.82, 2.24) is 4.98 Å². The summed E-state index contributed by atoms with van der Waals surface area (Å²) in [5.74, 6) is -0.566. The SMILES string of the molecule is COC(=O)c1ccccc1NC(=O)c1ccncc1OC. The van der Waals surface area contributed by atoms with Gasteiger partial charge in [-0.25, -0.2) is 4.79 Å². The molecule has 21 heavy (non-hydrogen) atoms. The first-order chi connectivity index (χ1) is 10.2. The van der Waals surface area contributed by atoms with Crippen LogP contribution in [0.5, 0.6) is 5.75 Å². The van der Waals surface area contributed by atoms with Crippen molar-refractivity contribution >= 4 is 17.6 Å². The lowest BCUT2D eigenvalue weighted by Gasteiger charge is -2.11. The molecule has 0 saturated carbocycles. The summed E-state index contributed by atoms with van der Waals surface area (Å²) in [5, 5.41) is 2.67. The molecule has 1 aromatic heterocycles. The molecule has 2 rings (SSSR count). The quantitative estimate of drug-likeness (QED) is 0.871. The molecule has 0 atom stereocenters. The molecule has 6 heteroatoms. The molecule has 1 heterocycles. The maximum atomic E-state index is 12.3. The van der Waals surface area contributed by atoms with Crippen LogP contribution in [-0.4, -0.2) is 31.1 Å². The average molecular weight is 286 g/mol. The Bertz CT molecular complexity index is 670. The highest BCUT2D eigenvalue weighted by Gasteiger charge is 2.16. The maximum Gasteiger partial charge on any atom is 0.339 e. The number of hydrogen-bond acceptors (Lipinski definition) is 5. The van der Waals surface area contributed by atoms with Gasteiger partial charge in [0.05, 0.1) is 37.2 Å². The Kier molecular flexibility index (Phi) is 4.50. The molecule has 0 aliphatic heterocycles. The number of hydrogen-bond donors (Lipinski definition) is 1.